The van der Waals surface area contributed by atoms with Gasteiger partial charge in [0.15, 0.2) is 6.61 Å². The molecule has 2 aromatic rings. The zero-order valence-electron chi connectivity index (χ0n) is 15.1. The zero-order chi connectivity index (χ0) is 18.5. The third-order valence-electron chi connectivity index (χ3n) is 4.89. The molecule has 0 saturated heterocycles. The summed E-state index contributed by atoms with van der Waals surface area (Å²) in [7, 11) is 1.81. The predicted molar refractivity (Wildman–Crippen MR) is 104 cm³/mol. The minimum atomic E-state index is -0.410. The van der Waals surface area contributed by atoms with Crippen molar-refractivity contribution in [1.82, 2.24) is 9.88 Å². The summed E-state index contributed by atoms with van der Waals surface area (Å²) in [5, 5.41) is 4.78. The minimum Gasteiger partial charge on any atom is -0.455 e. The van der Waals surface area contributed by atoms with Crippen molar-refractivity contribution in [2.45, 2.75) is 45.1 Å². The number of ether oxygens (including phenoxy) is 1. The highest BCUT2D eigenvalue weighted by atomic mass is 32.1. The number of thiophene rings is 1. The Morgan fingerprint density at radius 1 is 1.27 bits per heavy atom. The third-order valence-corrected chi connectivity index (χ3v) is 6.82. The highest BCUT2D eigenvalue weighted by molar-refractivity contribution is 7.20. The molecule has 1 saturated carbocycles. The van der Waals surface area contributed by atoms with Crippen molar-refractivity contribution in [1.29, 1.82) is 0 Å². The van der Waals surface area contributed by atoms with Gasteiger partial charge in [-0.2, -0.15) is 0 Å². The first-order valence-electron chi connectivity index (χ1n) is 8.92. The van der Waals surface area contributed by atoms with E-state index in [1.807, 2.05) is 29.9 Å². The Morgan fingerprint density at radius 2 is 2.04 bits per heavy atom. The smallest absolute Gasteiger partial charge is 0.312 e. The Balaban J connectivity index is 1.44. The van der Waals surface area contributed by atoms with Crippen molar-refractivity contribution in [3.05, 3.63) is 28.6 Å². The van der Waals surface area contributed by atoms with Crippen LogP contribution in [0.3, 0.4) is 0 Å². The number of thiazole rings is 1. The monoisotopic (exact) mass is 392 g/mol. The van der Waals surface area contributed by atoms with Gasteiger partial charge in [0, 0.05) is 18.5 Å². The number of likely N-dealkylation sites (N-methyl/N-ethyl adjacent to an activating group) is 1. The molecule has 2 aromatic heterocycles. The van der Waals surface area contributed by atoms with Crippen molar-refractivity contribution in [2.24, 2.45) is 5.92 Å². The van der Waals surface area contributed by atoms with Crippen molar-refractivity contribution >= 4 is 34.6 Å². The summed E-state index contributed by atoms with van der Waals surface area (Å²) in [5.74, 6) is 0.201. The highest BCUT2D eigenvalue weighted by Gasteiger charge is 2.25. The SMILES string of the molecule is CC1CCC(N(C)C(=O)COC(=O)Cc2csc(-c3cccs3)n2)CC1. The molecule has 0 unspecified atom stereocenters. The van der Waals surface area contributed by atoms with Gasteiger partial charge in [0.1, 0.15) is 5.01 Å². The van der Waals surface area contributed by atoms with Crippen LogP contribution in [0.5, 0.6) is 0 Å². The summed E-state index contributed by atoms with van der Waals surface area (Å²) in [6.07, 6.45) is 4.46. The molecule has 0 atom stereocenters. The number of amides is 1. The molecule has 2 heterocycles. The average Bonchev–Trinajstić information content (AvgIpc) is 3.31. The lowest BCUT2D eigenvalue weighted by Crippen LogP contribution is -2.41. The maximum Gasteiger partial charge on any atom is 0.312 e. The number of rotatable bonds is 6. The first kappa shape index (κ1) is 19.0. The minimum absolute atomic E-state index is 0.0970. The number of carbonyl (C=O) groups excluding carboxylic acids is 2. The normalized spacial score (nSPS) is 19.9. The van der Waals surface area contributed by atoms with Gasteiger partial charge in [-0.1, -0.05) is 13.0 Å². The van der Waals surface area contributed by atoms with E-state index >= 15 is 0 Å². The van der Waals surface area contributed by atoms with Crippen molar-refractivity contribution < 1.29 is 14.3 Å². The Bertz CT molecular complexity index is 734. The third kappa shape index (κ3) is 4.92. The van der Waals surface area contributed by atoms with Crippen LogP contribution in [-0.4, -0.2) is 41.5 Å². The van der Waals surface area contributed by atoms with Crippen molar-refractivity contribution in [2.75, 3.05) is 13.7 Å². The number of hydrogen-bond donors (Lipinski definition) is 0. The van der Waals surface area contributed by atoms with E-state index in [1.165, 1.54) is 11.3 Å². The van der Waals surface area contributed by atoms with Crippen LogP contribution < -0.4 is 0 Å². The molecule has 5 nitrogen and oxygen atoms in total. The molecule has 7 heteroatoms. The van der Waals surface area contributed by atoms with Gasteiger partial charge in [-0.25, -0.2) is 4.98 Å². The van der Waals surface area contributed by atoms with Gasteiger partial charge in [0.25, 0.3) is 5.91 Å². The Labute approximate surface area is 162 Å². The predicted octanol–water partition coefficient (Wildman–Crippen LogP) is 3.99. The van der Waals surface area contributed by atoms with Gasteiger partial charge in [-0.05, 0) is 43.0 Å². The molecular formula is C19H24N2O3S2. The van der Waals surface area contributed by atoms with Crippen LogP contribution in [0.25, 0.3) is 9.88 Å². The molecule has 1 fully saturated rings. The fourth-order valence-corrected chi connectivity index (χ4v) is 4.81. The molecule has 0 bridgehead atoms. The van der Waals surface area contributed by atoms with Crippen molar-refractivity contribution in [3.8, 4) is 9.88 Å². The largest absolute Gasteiger partial charge is 0.455 e. The summed E-state index contributed by atoms with van der Waals surface area (Å²) >= 11 is 3.13. The molecule has 0 N–H and O–H groups in total. The Kier molecular flexibility index (Phi) is 6.43. The van der Waals surface area contributed by atoms with E-state index in [9.17, 15) is 9.59 Å². The number of esters is 1. The fourth-order valence-electron chi connectivity index (χ4n) is 3.18. The Morgan fingerprint density at radius 3 is 2.73 bits per heavy atom. The molecule has 0 aromatic carbocycles. The number of nitrogens with zero attached hydrogens (tertiary/aromatic N) is 2. The van der Waals surface area contributed by atoms with E-state index in [-0.39, 0.29) is 25.0 Å². The van der Waals surface area contributed by atoms with Crippen LogP contribution in [0.4, 0.5) is 0 Å². The summed E-state index contributed by atoms with van der Waals surface area (Å²) < 4.78 is 5.18. The number of carbonyl (C=O) groups is 2. The lowest BCUT2D eigenvalue weighted by molar-refractivity contribution is -0.152. The maximum atomic E-state index is 12.3. The lowest BCUT2D eigenvalue weighted by atomic mass is 9.87. The van der Waals surface area contributed by atoms with Gasteiger partial charge in [-0.3, -0.25) is 9.59 Å². The van der Waals surface area contributed by atoms with Gasteiger partial charge in [-0.15, -0.1) is 22.7 Å². The van der Waals surface area contributed by atoms with Crippen LogP contribution in [0.2, 0.25) is 0 Å². The highest BCUT2D eigenvalue weighted by Crippen LogP contribution is 2.28. The zero-order valence-corrected chi connectivity index (χ0v) is 16.8. The summed E-state index contributed by atoms with van der Waals surface area (Å²) in [6.45, 7) is 2.06. The average molecular weight is 393 g/mol. The molecule has 1 aliphatic rings. The van der Waals surface area contributed by atoms with E-state index in [0.717, 1.165) is 41.5 Å². The topological polar surface area (TPSA) is 59.5 Å². The molecule has 1 amide bonds. The van der Waals surface area contributed by atoms with Gasteiger partial charge in [0.05, 0.1) is 17.0 Å². The summed E-state index contributed by atoms with van der Waals surface area (Å²) in [5.41, 5.74) is 0.686. The van der Waals surface area contributed by atoms with E-state index in [0.29, 0.717) is 5.69 Å². The van der Waals surface area contributed by atoms with Gasteiger partial charge < -0.3 is 9.64 Å². The second-order valence-corrected chi connectivity index (χ2v) is 8.68. The van der Waals surface area contributed by atoms with Crippen LogP contribution >= 0.6 is 22.7 Å². The first-order valence-corrected chi connectivity index (χ1v) is 10.7. The molecular weight excluding hydrogens is 368 g/mol. The standard InChI is InChI=1S/C19H24N2O3S2/c1-13-5-7-15(8-6-13)21(2)17(22)11-24-18(23)10-14-12-26-19(20-14)16-4-3-9-25-16/h3-4,9,12-13,15H,5-8,10-11H2,1-2H3. The van der Waals surface area contributed by atoms with Gasteiger partial charge in [0.2, 0.25) is 0 Å². The summed E-state index contributed by atoms with van der Waals surface area (Å²) in [4.78, 5) is 31.6. The molecule has 140 valence electrons. The van der Waals surface area contributed by atoms with E-state index in [2.05, 4.69) is 11.9 Å². The van der Waals surface area contributed by atoms with E-state index in [1.54, 1.807) is 16.2 Å². The van der Waals surface area contributed by atoms with Crippen LogP contribution in [-0.2, 0) is 20.7 Å². The maximum absolute atomic E-state index is 12.3. The number of aromatic nitrogens is 1. The van der Waals surface area contributed by atoms with Crippen LogP contribution in [0, 0.1) is 5.92 Å². The van der Waals surface area contributed by atoms with Crippen LogP contribution in [0.15, 0.2) is 22.9 Å². The van der Waals surface area contributed by atoms with Gasteiger partial charge >= 0.3 is 5.97 Å². The van der Waals surface area contributed by atoms with Crippen molar-refractivity contribution in [3.63, 3.8) is 0 Å². The molecule has 0 aliphatic heterocycles. The molecule has 26 heavy (non-hydrogen) atoms. The van der Waals surface area contributed by atoms with E-state index < -0.39 is 5.97 Å². The molecule has 0 radical (unpaired) electrons. The second kappa shape index (κ2) is 8.77. The quantitative estimate of drug-likeness (QED) is 0.698. The second-order valence-electron chi connectivity index (χ2n) is 6.88. The first-order chi connectivity index (χ1) is 12.5. The van der Waals surface area contributed by atoms with Crippen LogP contribution in [0.1, 0.15) is 38.3 Å². The Hall–Kier alpha value is -1.73. The summed E-state index contributed by atoms with van der Waals surface area (Å²) in [6, 6.07) is 4.25. The molecule has 3 rings (SSSR count). The fraction of sp³-hybridized carbons (Fsp3) is 0.526. The lowest BCUT2D eigenvalue weighted by Gasteiger charge is -2.33. The molecule has 1 aliphatic carbocycles. The number of hydrogen-bond acceptors (Lipinski definition) is 6. The molecule has 0 spiro atoms. The van der Waals surface area contributed by atoms with E-state index in [4.69, 9.17) is 4.74 Å².